The highest BCUT2D eigenvalue weighted by Gasteiger charge is 2.05. The van der Waals surface area contributed by atoms with Gasteiger partial charge in [0.15, 0.2) is 0 Å². The first-order chi connectivity index (χ1) is 13.3. The molecule has 0 fully saturated rings. The summed E-state index contributed by atoms with van der Waals surface area (Å²) in [5.41, 5.74) is 6.94. The average molecular weight is 378 g/mol. The van der Waals surface area contributed by atoms with E-state index >= 15 is 0 Å². The molecule has 0 saturated heterocycles. The zero-order valence-corrected chi connectivity index (χ0v) is 15.7. The Balaban J connectivity index is 1.48. The van der Waals surface area contributed by atoms with Crippen molar-refractivity contribution in [1.82, 2.24) is 9.97 Å². The van der Waals surface area contributed by atoms with Crippen LogP contribution in [0.3, 0.4) is 0 Å². The summed E-state index contributed by atoms with van der Waals surface area (Å²) in [4.78, 5) is 7.79. The van der Waals surface area contributed by atoms with E-state index in [0.717, 1.165) is 44.4 Å². The summed E-state index contributed by atoms with van der Waals surface area (Å²) in [5.74, 6) is 1.64. The van der Waals surface area contributed by atoms with Gasteiger partial charge in [-0.2, -0.15) is 5.10 Å². The number of aromatic nitrogens is 2. The van der Waals surface area contributed by atoms with E-state index in [2.05, 4.69) is 20.5 Å². The van der Waals surface area contributed by atoms with Crippen molar-refractivity contribution >= 4 is 33.6 Å². The highest BCUT2D eigenvalue weighted by atomic mass is 32.1. The number of benzene rings is 2. The quantitative estimate of drug-likeness (QED) is 0.375. The number of nitrogens with one attached hydrogen (secondary N) is 2. The first-order valence-corrected chi connectivity index (χ1v) is 9.19. The molecule has 0 radical (unpaired) electrons. The molecule has 7 heteroatoms. The van der Waals surface area contributed by atoms with Gasteiger partial charge in [0.2, 0.25) is 5.13 Å². The summed E-state index contributed by atoms with van der Waals surface area (Å²) in [5, 5.41) is 8.10. The molecule has 4 rings (SSSR count). The highest BCUT2D eigenvalue weighted by molar-refractivity contribution is 7.14. The fraction of sp³-hybridized carbons (Fsp3) is 0.100. The monoisotopic (exact) mass is 378 g/mol. The lowest BCUT2D eigenvalue weighted by atomic mass is 10.2. The number of hydrogen-bond donors (Lipinski definition) is 2. The number of ether oxygens (including phenoxy) is 2. The van der Waals surface area contributed by atoms with Crippen LogP contribution < -0.4 is 14.9 Å². The van der Waals surface area contributed by atoms with Gasteiger partial charge in [-0.15, -0.1) is 11.3 Å². The first kappa shape index (κ1) is 17.1. The predicted octanol–water partition coefficient (Wildman–Crippen LogP) is 4.75. The summed E-state index contributed by atoms with van der Waals surface area (Å²) in [6.45, 7) is 0. The van der Waals surface area contributed by atoms with Crippen molar-refractivity contribution < 1.29 is 9.47 Å². The van der Waals surface area contributed by atoms with E-state index in [1.165, 1.54) is 11.3 Å². The molecule has 2 N–H and O–H groups in total. The fourth-order valence-electron chi connectivity index (χ4n) is 2.73. The number of fused-ring (bicyclic) bond motifs is 1. The van der Waals surface area contributed by atoms with Crippen LogP contribution in [0.25, 0.3) is 22.2 Å². The van der Waals surface area contributed by atoms with Gasteiger partial charge in [0.1, 0.15) is 11.5 Å². The van der Waals surface area contributed by atoms with Crippen LogP contribution in [0.2, 0.25) is 0 Å². The van der Waals surface area contributed by atoms with Gasteiger partial charge in [-0.3, -0.25) is 5.43 Å². The van der Waals surface area contributed by atoms with Crippen LogP contribution in [-0.2, 0) is 0 Å². The number of hydrogen-bond acceptors (Lipinski definition) is 6. The van der Waals surface area contributed by atoms with Gasteiger partial charge < -0.3 is 14.5 Å². The molecule has 27 heavy (non-hydrogen) atoms. The van der Waals surface area contributed by atoms with E-state index in [-0.39, 0.29) is 0 Å². The minimum absolute atomic E-state index is 0.731. The van der Waals surface area contributed by atoms with Crippen molar-refractivity contribution in [3.05, 3.63) is 59.6 Å². The third-order valence-electron chi connectivity index (χ3n) is 4.17. The Morgan fingerprint density at radius 3 is 2.63 bits per heavy atom. The minimum atomic E-state index is 0.731. The first-order valence-electron chi connectivity index (χ1n) is 8.31. The van der Waals surface area contributed by atoms with Gasteiger partial charge in [-0.25, -0.2) is 4.98 Å². The zero-order valence-electron chi connectivity index (χ0n) is 14.9. The SMILES string of the molecule is COc1ccc(-c2csc(N/N=C/c3c[nH]c4ccc(OC)cc34)n2)cc1. The van der Waals surface area contributed by atoms with Crippen molar-refractivity contribution in [3.63, 3.8) is 0 Å². The molecular weight excluding hydrogens is 360 g/mol. The molecule has 2 aromatic carbocycles. The maximum absolute atomic E-state index is 5.29. The van der Waals surface area contributed by atoms with Crippen molar-refractivity contribution in [2.75, 3.05) is 19.6 Å². The molecule has 2 aromatic heterocycles. The Labute approximate surface area is 160 Å². The normalized spacial score (nSPS) is 11.2. The predicted molar refractivity (Wildman–Crippen MR) is 110 cm³/mol. The Morgan fingerprint density at radius 1 is 1.07 bits per heavy atom. The van der Waals surface area contributed by atoms with Gasteiger partial charge in [-0.1, -0.05) is 0 Å². The number of aromatic amines is 1. The Kier molecular flexibility index (Phi) is 4.76. The molecular formula is C20H18N4O2S. The van der Waals surface area contributed by atoms with Crippen LogP contribution in [0, 0.1) is 0 Å². The van der Waals surface area contributed by atoms with Crippen LogP contribution >= 0.6 is 11.3 Å². The van der Waals surface area contributed by atoms with Crippen LogP contribution in [0.1, 0.15) is 5.56 Å². The second-order valence-electron chi connectivity index (χ2n) is 5.79. The lowest BCUT2D eigenvalue weighted by Crippen LogP contribution is -1.90. The summed E-state index contributed by atoms with van der Waals surface area (Å²) >= 11 is 1.51. The maximum Gasteiger partial charge on any atom is 0.203 e. The molecule has 0 aliphatic heterocycles. The molecule has 0 spiro atoms. The summed E-state index contributed by atoms with van der Waals surface area (Å²) < 4.78 is 10.5. The third kappa shape index (κ3) is 3.63. The van der Waals surface area contributed by atoms with Crippen molar-refractivity contribution in [2.24, 2.45) is 5.10 Å². The van der Waals surface area contributed by atoms with Gasteiger partial charge in [0.25, 0.3) is 0 Å². The van der Waals surface area contributed by atoms with Gasteiger partial charge in [-0.05, 0) is 42.5 Å². The lowest BCUT2D eigenvalue weighted by Gasteiger charge is -2.00. The maximum atomic E-state index is 5.29. The van der Waals surface area contributed by atoms with Crippen molar-refractivity contribution in [2.45, 2.75) is 0 Å². The van der Waals surface area contributed by atoms with Gasteiger partial charge in [0.05, 0.1) is 26.1 Å². The minimum Gasteiger partial charge on any atom is -0.497 e. The second-order valence-corrected chi connectivity index (χ2v) is 6.65. The molecule has 0 unspecified atom stereocenters. The topological polar surface area (TPSA) is 71.5 Å². The fourth-order valence-corrected chi connectivity index (χ4v) is 3.40. The number of methoxy groups -OCH3 is 2. The number of nitrogens with zero attached hydrogens (tertiary/aromatic N) is 2. The number of rotatable bonds is 6. The van der Waals surface area contributed by atoms with Gasteiger partial charge in [0, 0.05) is 33.6 Å². The molecule has 0 amide bonds. The van der Waals surface area contributed by atoms with E-state index in [0.29, 0.717) is 0 Å². The molecule has 6 nitrogen and oxygen atoms in total. The summed E-state index contributed by atoms with van der Waals surface area (Å²) in [6.07, 6.45) is 3.69. The van der Waals surface area contributed by atoms with Crippen molar-refractivity contribution in [3.8, 4) is 22.8 Å². The van der Waals surface area contributed by atoms with Crippen LogP contribution in [0.5, 0.6) is 11.5 Å². The molecule has 0 saturated carbocycles. The lowest BCUT2D eigenvalue weighted by molar-refractivity contribution is 0.415. The van der Waals surface area contributed by atoms with Crippen LogP contribution in [-0.4, -0.2) is 30.4 Å². The number of anilines is 1. The van der Waals surface area contributed by atoms with E-state index in [1.54, 1.807) is 20.4 Å². The van der Waals surface area contributed by atoms with E-state index < -0.39 is 0 Å². The zero-order chi connectivity index (χ0) is 18.6. The van der Waals surface area contributed by atoms with E-state index in [1.807, 2.05) is 54.0 Å². The summed E-state index contributed by atoms with van der Waals surface area (Å²) in [6, 6.07) is 13.7. The molecule has 4 aromatic rings. The number of H-pyrrole nitrogens is 1. The molecule has 136 valence electrons. The third-order valence-corrected chi connectivity index (χ3v) is 4.92. The Morgan fingerprint density at radius 2 is 1.85 bits per heavy atom. The molecule has 0 aliphatic rings. The number of thiazole rings is 1. The average Bonchev–Trinajstić information content (AvgIpc) is 3.35. The van der Waals surface area contributed by atoms with Crippen LogP contribution in [0.15, 0.2) is 59.1 Å². The highest BCUT2D eigenvalue weighted by Crippen LogP contribution is 2.27. The van der Waals surface area contributed by atoms with Crippen LogP contribution in [0.4, 0.5) is 5.13 Å². The van der Waals surface area contributed by atoms with E-state index in [4.69, 9.17) is 9.47 Å². The Bertz CT molecular complexity index is 1080. The summed E-state index contributed by atoms with van der Waals surface area (Å²) in [7, 11) is 3.31. The smallest absolute Gasteiger partial charge is 0.203 e. The van der Waals surface area contributed by atoms with Crippen molar-refractivity contribution in [1.29, 1.82) is 0 Å². The second kappa shape index (κ2) is 7.51. The molecule has 0 atom stereocenters. The Hall–Kier alpha value is -3.32. The molecule has 0 bridgehead atoms. The number of hydrazone groups is 1. The molecule has 2 heterocycles. The van der Waals surface area contributed by atoms with E-state index in [9.17, 15) is 0 Å². The largest absolute Gasteiger partial charge is 0.497 e. The molecule has 0 aliphatic carbocycles. The standard InChI is InChI=1S/C20H18N4O2S/c1-25-15-5-3-13(4-6-15)19-12-27-20(23-19)24-22-11-14-10-21-18-8-7-16(26-2)9-17(14)18/h3-12,21H,1-2H3,(H,23,24)/b22-11+. The van der Waals surface area contributed by atoms with Gasteiger partial charge >= 0.3 is 0 Å².